The second-order valence-corrected chi connectivity index (χ2v) is 5.75. The summed E-state index contributed by atoms with van der Waals surface area (Å²) in [6, 6.07) is 1.78. The monoisotopic (exact) mass is 265 g/mol. The molecule has 74 valence electrons. The minimum absolute atomic E-state index is 0.0415. The molecule has 0 amide bonds. The molecular formula is C8H5Cl2NOS2. The van der Waals surface area contributed by atoms with E-state index >= 15 is 0 Å². The molecular weight excluding hydrogens is 261 g/mol. The Morgan fingerprint density at radius 3 is 2.71 bits per heavy atom. The van der Waals surface area contributed by atoms with E-state index in [4.69, 9.17) is 28.3 Å². The van der Waals surface area contributed by atoms with Gasteiger partial charge in [0.25, 0.3) is 0 Å². The largest absolute Gasteiger partial charge is 0.389 e. The normalized spacial score (nSPS) is 10.8. The summed E-state index contributed by atoms with van der Waals surface area (Å²) in [7, 11) is 0. The molecule has 0 unspecified atom stereocenters. The van der Waals surface area contributed by atoms with E-state index in [1.807, 2.05) is 5.38 Å². The van der Waals surface area contributed by atoms with Crippen LogP contribution in [-0.4, -0.2) is 10.1 Å². The Kier molecular flexibility index (Phi) is 3.09. The van der Waals surface area contributed by atoms with Crippen LogP contribution in [0.25, 0.3) is 11.3 Å². The predicted molar refractivity (Wildman–Crippen MR) is 61.4 cm³/mol. The zero-order chi connectivity index (χ0) is 10.1. The number of nitrogens with zero attached hydrogens (tertiary/aromatic N) is 1. The number of aliphatic hydroxyl groups excluding tert-OH is 1. The second-order valence-electron chi connectivity index (χ2n) is 2.52. The maximum atomic E-state index is 8.86. The quantitative estimate of drug-likeness (QED) is 0.899. The molecule has 14 heavy (non-hydrogen) atoms. The van der Waals surface area contributed by atoms with Gasteiger partial charge >= 0.3 is 0 Å². The Morgan fingerprint density at radius 1 is 1.43 bits per heavy atom. The summed E-state index contributed by atoms with van der Waals surface area (Å²) in [4.78, 5) is 4.21. The Labute approximate surface area is 98.8 Å². The van der Waals surface area contributed by atoms with Gasteiger partial charge in [-0.25, -0.2) is 4.98 Å². The lowest BCUT2D eigenvalue weighted by Gasteiger charge is -1.90. The highest BCUT2D eigenvalue weighted by Crippen LogP contribution is 2.38. The molecule has 2 nitrogen and oxygen atoms in total. The van der Waals surface area contributed by atoms with E-state index in [1.165, 1.54) is 22.7 Å². The van der Waals surface area contributed by atoms with Gasteiger partial charge < -0.3 is 5.11 Å². The summed E-state index contributed by atoms with van der Waals surface area (Å²) in [6.45, 7) is -0.0415. The maximum absolute atomic E-state index is 8.86. The molecule has 0 fully saturated rings. The van der Waals surface area contributed by atoms with Crippen LogP contribution in [0.4, 0.5) is 0 Å². The summed E-state index contributed by atoms with van der Waals surface area (Å²) in [6.07, 6.45) is 0. The first-order valence-electron chi connectivity index (χ1n) is 3.71. The van der Waals surface area contributed by atoms with Crippen LogP contribution >= 0.6 is 45.9 Å². The van der Waals surface area contributed by atoms with Crippen LogP contribution in [0.15, 0.2) is 11.4 Å². The van der Waals surface area contributed by atoms with E-state index in [2.05, 4.69) is 4.98 Å². The van der Waals surface area contributed by atoms with Crippen LogP contribution in [0.3, 0.4) is 0 Å². The van der Waals surface area contributed by atoms with Gasteiger partial charge in [-0.1, -0.05) is 23.2 Å². The SMILES string of the molecule is OCc1nc(-c2cc(Cl)sc2Cl)cs1. The lowest BCUT2D eigenvalue weighted by Crippen LogP contribution is -1.80. The van der Waals surface area contributed by atoms with Gasteiger partial charge in [0.15, 0.2) is 0 Å². The molecule has 0 spiro atoms. The highest BCUT2D eigenvalue weighted by Gasteiger charge is 2.11. The lowest BCUT2D eigenvalue weighted by molar-refractivity contribution is 0.281. The van der Waals surface area contributed by atoms with Crippen molar-refractivity contribution >= 4 is 45.9 Å². The molecule has 6 heteroatoms. The first-order valence-corrected chi connectivity index (χ1v) is 6.16. The molecule has 0 aliphatic rings. The van der Waals surface area contributed by atoms with Gasteiger partial charge in [-0.2, -0.15) is 0 Å². The third-order valence-corrected chi connectivity index (χ3v) is 3.94. The standard InChI is InChI=1S/C8H5Cl2NOS2/c9-6-1-4(8(10)14-6)5-3-13-7(2-12)11-5/h1,3,12H,2H2. The van der Waals surface area contributed by atoms with E-state index in [1.54, 1.807) is 6.07 Å². The van der Waals surface area contributed by atoms with Crippen LogP contribution in [0.5, 0.6) is 0 Å². The molecule has 2 heterocycles. The van der Waals surface area contributed by atoms with Crippen molar-refractivity contribution in [1.82, 2.24) is 4.98 Å². The molecule has 2 aromatic heterocycles. The Balaban J connectivity index is 2.43. The minimum atomic E-state index is -0.0415. The second kappa shape index (κ2) is 4.16. The van der Waals surface area contributed by atoms with Crippen molar-refractivity contribution in [2.24, 2.45) is 0 Å². The molecule has 1 N–H and O–H groups in total. The average molecular weight is 266 g/mol. The number of halogens is 2. The molecule has 0 aromatic carbocycles. The van der Waals surface area contributed by atoms with E-state index in [0.717, 1.165) is 11.3 Å². The molecule has 0 aliphatic heterocycles. The number of aromatic nitrogens is 1. The van der Waals surface area contributed by atoms with E-state index in [-0.39, 0.29) is 6.61 Å². The third kappa shape index (κ3) is 1.94. The fraction of sp³-hybridized carbons (Fsp3) is 0.125. The van der Waals surface area contributed by atoms with E-state index < -0.39 is 0 Å². The third-order valence-electron chi connectivity index (χ3n) is 1.62. The number of hydrogen-bond acceptors (Lipinski definition) is 4. The number of aliphatic hydroxyl groups is 1. The minimum Gasteiger partial charge on any atom is -0.389 e. The van der Waals surface area contributed by atoms with Crippen LogP contribution in [0.2, 0.25) is 8.67 Å². The molecule has 0 saturated heterocycles. The van der Waals surface area contributed by atoms with Crippen molar-refractivity contribution in [3.8, 4) is 11.3 Å². The number of rotatable bonds is 2. The zero-order valence-corrected chi connectivity index (χ0v) is 9.97. The van der Waals surface area contributed by atoms with Gasteiger partial charge in [-0.3, -0.25) is 0 Å². The molecule has 2 rings (SSSR count). The average Bonchev–Trinajstić information content (AvgIpc) is 2.71. The summed E-state index contributed by atoms with van der Waals surface area (Å²) < 4.78 is 1.27. The van der Waals surface area contributed by atoms with Gasteiger partial charge in [-0.05, 0) is 6.07 Å². The smallest absolute Gasteiger partial charge is 0.119 e. The van der Waals surface area contributed by atoms with Crippen molar-refractivity contribution in [2.45, 2.75) is 6.61 Å². The Morgan fingerprint density at radius 2 is 2.21 bits per heavy atom. The topological polar surface area (TPSA) is 33.1 Å². The van der Waals surface area contributed by atoms with Crippen molar-refractivity contribution in [2.75, 3.05) is 0 Å². The van der Waals surface area contributed by atoms with Gasteiger partial charge in [0.1, 0.15) is 9.34 Å². The van der Waals surface area contributed by atoms with Crippen molar-refractivity contribution in [3.05, 3.63) is 25.1 Å². The molecule has 0 bridgehead atoms. The molecule has 0 saturated carbocycles. The summed E-state index contributed by atoms with van der Waals surface area (Å²) >= 11 is 14.5. The first-order chi connectivity index (χ1) is 6.70. The van der Waals surface area contributed by atoms with Crippen molar-refractivity contribution in [1.29, 1.82) is 0 Å². The Bertz CT molecular complexity index is 452. The van der Waals surface area contributed by atoms with E-state index in [9.17, 15) is 0 Å². The summed E-state index contributed by atoms with van der Waals surface area (Å²) in [5.74, 6) is 0. The van der Waals surface area contributed by atoms with Crippen LogP contribution in [-0.2, 0) is 6.61 Å². The molecule has 2 aromatic rings. The van der Waals surface area contributed by atoms with Gasteiger partial charge in [0, 0.05) is 10.9 Å². The molecule has 0 atom stereocenters. The fourth-order valence-corrected chi connectivity index (χ4v) is 3.16. The van der Waals surface area contributed by atoms with Crippen molar-refractivity contribution in [3.63, 3.8) is 0 Å². The first kappa shape index (κ1) is 10.4. The number of thiazole rings is 1. The van der Waals surface area contributed by atoms with Gasteiger partial charge in [0.05, 0.1) is 16.6 Å². The molecule has 0 aliphatic carbocycles. The maximum Gasteiger partial charge on any atom is 0.119 e. The fourth-order valence-electron chi connectivity index (χ4n) is 1.02. The molecule has 0 radical (unpaired) electrons. The highest BCUT2D eigenvalue weighted by molar-refractivity contribution is 7.20. The lowest BCUT2D eigenvalue weighted by atomic mass is 10.3. The van der Waals surface area contributed by atoms with Gasteiger partial charge in [-0.15, -0.1) is 22.7 Å². The summed E-state index contributed by atoms with van der Waals surface area (Å²) in [5.41, 5.74) is 1.60. The zero-order valence-electron chi connectivity index (χ0n) is 6.83. The number of hydrogen-bond donors (Lipinski definition) is 1. The Hall–Kier alpha value is -0.130. The van der Waals surface area contributed by atoms with Crippen LogP contribution < -0.4 is 0 Å². The number of thiophene rings is 1. The van der Waals surface area contributed by atoms with Crippen molar-refractivity contribution < 1.29 is 5.11 Å². The van der Waals surface area contributed by atoms with E-state index in [0.29, 0.717) is 13.7 Å². The van der Waals surface area contributed by atoms with Crippen LogP contribution in [0.1, 0.15) is 5.01 Å². The van der Waals surface area contributed by atoms with Gasteiger partial charge in [0.2, 0.25) is 0 Å². The summed E-state index contributed by atoms with van der Waals surface area (Å²) in [5, 5.41) is 11.4. The predicted octanol–water partition coefficient (Wildman–Crippen LogP) is 3.67. The van der Waals surface area contributed by atoms with Crippen LogP contribution in [0, 0.1) is 0 Å². The highest BCUT2D eigenvalue weighted by atomic mass is 35.5.